The first kappa shape index (κ1) is 10.3. The van der Waals surface area contributed by atoms with E-state index >= 15 is 0 Å². The lowest BCUT2D eigenvalue weighted by molar-refractivity contribution is 0.289. The molecule has 0 saturated heterocycles. The van der Waals surface area contributed by atoms with Gasteiger partial charge in [-0.15, -0.1) is 0 Å². The molecule has 4 heteroatoms. The molecule has 1 aromatic carbocycles. The second kappa shape index (κ2) is 5.07. The molecule has 1 aromatic rings. The smallest absolute Gasteiger partial charge is 0.137 e. The quantitative estimate of drug-likeness (QED) is 0.588. The SMILES string of the molecule is N#Cc1cc(N)ccc1OCCCF. The average molecular weight is 194 g/mol. The van der Waals surface area contributed by atoms with Crippen molar-refractivity contribution in [3.05, 3.63) is 23.8 Å². The zero-order valence-corrected chi connectivity index (χ0v) is 7.66. The number of nitrogens with two attached hydrogens (primary N) is 1. The Balaban J connectivity index is 2.72. The van der Waals surface area contributed by atoms with Gasteiger partial charge >= 0.3 is 0 Å². The van der Waals surface area contributed by atoms with E-state index in [-0.39, 0.29) is 6.61 Å². The van der Waals surface area contributed by atoms with Crippen molar-refractivity contribution in [2.45, 2.75) is 6.42 Å². The molecule has 0 aliphatic heterocycles. The minimum Gasteiger partial charge on any atom is -0.492 e. The van der Waals surface area contributed by atoms with Crippen LogP contribution < -0.4 is 10.5 Å². The molecule has 0 atom stereocenters. The van der Waals surface area contributed by atoms with Gasteiger partial charge in [-0.3, -0.25) is 4.39 Å². The Morgan fingerprint density at radius 1 is 1.50 bits per heavy atom. The Labute approximate surface area is 81.9 Å². The predicted molar refractivity (Wildman–Crippen MR) is 51.7 cm³/mol. The summed E-state index contributed by atoms with van der Waals surface area (Å²) in [4.78, 5) is 0. The first-order valence-electron chi connectivity index (χ1n) is 4.26. The fourth-order valence-corrected chi connectivity index (χ4v) is 0.998. The van der Waals surface area contributed by atoms with E-state index in [4.69, 9.17) is 15.7 Å². The number of anilines is 1. The molecule has 0 aliphatic rings. The number of hydrogen-bond donors (Lipinski definition) is 1. The van der Waals surface area contributed by atoms with Crippen LogP contribution in [0.1, 0.15) is 12.0 Å². The predicted octanol–water partition coefficient (Wildman–Crippen LogP) is 1.88. The number of nitriles is 1. The number of alkyl halides is 1. The van der Waals surface area contributed by atoms with E-state index < -0.39 is 6.67 Å². The highest BCUT2D eigenvalue weighted by Crippen LogP contribution is 2.20. The topological polar surface area (TPSA) is 59.0 Å². The van der Waals surface area contributed by atoms with Crippen LogP contribution in [0.25, 0.3) is 0 Å². The Bertz CT molecular complexity index is 346. The number of hydrogen-bond acceptors (Lipinski definition) is 3. The van der Waals surface area contributed by atoms with E-state index in [1.54, 1.807) is 12.1 Å². The van der Waals surface area contributed by atoms with Crippen LogP contribution in [-0.2, 0) is 0 Å². The third-order valence-electron chi connectivity index (χ3n) is 1.66. The molecule has 0 unspecified atom stereocenters. The molecule has 0 amide bonds. The summed E-state index contributed by atoms with van der Waals surface area (Å²) in [5.74, 6) is 0.454. The van der Waals surface area contributed by atoms with Gasteiger partial charge in [-0.25, -0.2) is 0 Å². The highest BCUT2D eigenvalue weighted by Gasteiger charge is 2.02. The van der Waals surface area contributed by atoms with Crippen molar-refractivity contribution in [3.8, 4) is 11.8 Å². The molecular formula is C10H11FN2O. The monoisotopic (exact) mass is 194 g/mol. The van der Waals surface area contributed by atoms with Crippen LogP contribution in [0.4, 0.5) is 10.1 Å². The Morgan fingerprint density at radius 2 is 2.29 bits per heavy atom. The van der Waals surface area contributed by atoms with Crippen molar-refractivity contribution < 1.29 is 9.13 Å². The summed E-state index contributed by atoms with van der Waals surface area (Å²) in [5.41, 5.74) is 6.38. The second-order valence-corrected chi connectivity index (χ2v) is 2.76. The van der Waals surface area contributed by atoms with Gasteiger partial charge in [0, 0.05) is 12.1 Å². The Morgan fingerprint density at radius 3 is 2.93 bits per heavy atom. The van der Waals surface area contributed by atoms with Crippen molar-refractivity contribution in [2.24, 2.45) is 0 Å². The van der Waals surface area contributed by atoms with Gasteiger partial charge in [-0.1, -0.05) is 0 Å². The van der Waals surface area contributed by atoms with E-state index in [2.05, 4.69) is 0 Å². The molecule has 0 fully saturated rings. The maximum Gasteiger partial charge on any atom is 0.137 e. The van der Waals surface area contributed by atoms with Crippen molar-refractivity contribution >= 4 is 5.69 Å². The Hall–Kier alpha value is -1.76. The van der Waals surface area contributed by atoms with Crippen molar-refractivity contribution in [2.75, 3.05) is 19.0 Å². The Kier molecular flexibility index (Phi) is 3.74. The van der Waals surface area contributed by atoms with Crippen LogP contribution >= 0.6 is 0 Å². The standard InChI is InChI=1S/C10H11FN2O/c11-4-1-5-14-10-3-2-9(13)6-8(10)7-12/h2-3,6H,1,4-5,13H2. The van der Waals surface area contributed by atoms with Gasteiger partial charge in [0.2, 0.25) is 0 Å². The van der Waals surface area contributed by atoms with Crippen LogP contribution in [0.15, 0.2) is 18.2 Å². The zero-order valence-electron chi connectivity index (χ0n) is 7.66. The van der Waals surface area contributed by atoms with Crippen molar-refractivity contribution in [1.82, 2.24) is 0 Å². The first-order valence-corrected chi connectivity index (χ1v) is 4.26. The van der Waals surface area contributed by atoms with E-state index in [1.807, 2.05) is 6.07 Å². The summed E-state index contributed by atoms with van der Waals surface area (Å²) in [5, 5.41) is 8.74. The summed E-state index contributed by atoms with van der Waals surface area (Å²) in [7, 11) is 0. The molecule has 0 spiro atoms. The van der Waals surface area contributed by atoms with Crippen LogP contribution in [-0.4, -0.2) is 13.3 Å². The molecule has 0 aromatic heterocycles. The lowest BCUT2D eigenvalue weighted by Crippen LogP contribution is -2.00. The number of nitrogens with zero attached hydrogens (tertiary/aromatic N) is 1. The van der Waals surface area contributed by atoms with Gasteiger partial charge in [-0.2, -0.15) is 5.26 Å². The number of benzene rings is 1. The number of nitrogen functional groups attached to an aromatic ring is 1. The van der Waals surface area contributed by atoms with Gasteiger partial charge < -0.3 is 10.5 Å². The maximum absolute atomic E-state index is 11.8. The lowest BCUT2D eigenvalue weighted by Gasteiger charge is -2.06. The van der Waals surface area contributed by atoms with Crippen LogP contribution in [0.3, 0.4) is 0 Å². The molecule has 3 nitrogen and oxygen atoms in total. The molecular weight excluding hydrogens is 183 g/mol. The van der Waals surface area contributed by atoms with E-state index in [1.165, 1.54) is 6.07 Å². The third kappa shape index (κ3) is 2.63. The van der Waals surface area contributed by atoms with Crippen LogP contribution in [0.5, 0.6) is 5.75 Å². The molecule has 0 aliphatic carbocycles. The van der Waals surface area contributed by atoms with E-state index in [0.29, 0.717) is 23.4 Å². The highest BCUT2D eigenvalue weighted by molar-refractivity contribution is 5.53. The molecule has 0 saturated carbocycles. The van der Waals surface area contributed by atoms with Crippen molar-refractivity contribution in [1.29, 1.82) is 5.26 Å². The zero-order chi connectivity index (χ0) is 10.4. The molecule has 1 rings (SSSR count). The molecule has 14 heavy (non-hydrogen) atoms. The minimum absolute atomic E-state index is 0.273. The molecule has 0 heterocycles. The third-order valence-corrected chi connectivity index (χ3v) is 1.66. The summed E-state index contributed by atoms with van der Waals surface area (Å²) < 4.78 is 17.0. The average Bonchev–Trinajstić information content (AvgIpc) is 2.20. The van der Waals surface area contributed by atoms with Gasteiger partial charge in [0.1, 0.15) is 11.8 Å². The maximum atomic E-state index is 11.8. The molecule has 0 bridgehead atoms. The van der Waals surface area contributed by atoms with Gasteiger partial charge in [0.25, 0.3) is 0 Å². The van der Waals surface area contributed by atoms with Crippen LogP contribution in [0, 0.1) is 11.3 Å². The number of ether oxygens (including phenoxy) is 1. The van der Waals surface area contributed by atoms with E-state index in [9.17, 15) is 4.39 Å². The summed E-state index contributed by atoms with van der Waals surface area (Å²) >= 11 is 0. The normalized spacial score (nSPS) is 9.43. The largest absolute Gasteiger partial charge is 0.492 e. The summed E-state index contributed by atoms with van der Waals surface area (Å²) in [6.07, 6.45) is 0.329. The highest BCUT2D eigenvalue weighted by atomic mass is 19.1. The lowest BCUT2D eigenvalue weighted by atomic mass is 10.2. The number of halogens is 1. The van der Waals surface area contributed by atoms with Gasteiger partial charge in [0.15, 0.2) is 0 Å². The van der Waals surface area contributed by atoms with Crippen LogP contribution in [0.2, 0.25) is 0 Å². The fraction of sp³-hybridized carbons (Fsp3) is 0.300. The number of rotatable bonds is 4. The molecule has 0 radical (unpaired) electrons. The molecule has 74 valence electrons. The minimum atomic E-state index is -0.420. The summed E-state index contributed by atoms with van der Waals surface area (Å²) in [6, 6.07) is 6.76. The van der Waals surface area contributed by atoms with Crippen molar-refractivity contribution in [3.63, 3.8) is 0 Å². The van der Waals surface area contributed by atoms with Gasteiger partial charge in [-0.05, 0) is 18.2 Å². The second-order valence-electron chi connectivity index (χ2n) is 2.76. The first-order chi connectivity index (χ1) is 6.77. The molecule has 2 N–H and O–H groups in total. The fourth-order valence-electron chi connectivity index (χ4n) is 0.998. The van der Waals surface area contributed by atoms with Gasteiger partial charge in [0.05, 0.1) is 18.8 Å². The summed E-state index contributed by atoms with van der Waals surface area (Å²) in [6.45, 7) is -0.147. The van der Waals surface area contributed by atoms with E-state index in [0.717, 1.165) is 0 Å².